The molecule has 6 heteroatoms. The molecule has 2 N–H and O–H groups in total. The number of aromatic nitrogens is 1. The molecule has 2 amide bonds. The standard InChI is InChI=1S/C21H16N4O2/c22-12-15-6-8-19(9-7-15)25-21(27)18-5-1-4-17(11-18)20(26)24-14-16-3-2-10-23-13-16/h1-11,13H,14H2,(H,24,26)(H,25,27). The normalized spacial score (nSPS) is 9.89. The lowest BCUT2D eigenvalue weighted by molar-refractivity contribution is 0.0951. The third kappa shape index (κ3) is 4.77. The number of pyridine rings is 1. The van der Waals surface area contributed by atoms with Gasteiger partial charge < -0.3 is 10.6 Å². The highest BCUT2D eigenvalue weighted by molar-refractivity contribution is 6.06. The molecule has 27 heavy (non-hydrogen) atoms. The first-order valence-corrected chi connectivity index (χ1v) is 8.24. The van der Waals surface area contributed by atoms with Gasteiger partial charge in [-0.1, -0.05) is 12.1 Å². The molecule has 0 aliphatic carbocycles. The monoisotopic (exact) mass is 356 g/mol. The van der Waals surface area contributed by atoms with Gasteiger partial charge in [-0.2, -0.15) is 5.26 Å². The third-order valence-corrected chi connectivity index (χ3v) is 3.83. The average molecular weight is 356 g/mol. The average Bonchev–Trinajstić information content (AvgIpc) is 2.73. The number of benzene rings is 2. The van der Waals surface area contributed by atoms with Crippen LogP contribution in [-0.4, -0.2) is 16.8 Å². The lowest BCUT2D eigenvalue weighted by Gasteiger charge is -2.08. The second-order valence-electron chi connectivity index (χ2n) is 5.77. The summed E-state index contributed by atoms with van der Waals surface area (Å²) in [6.07, 6.45) is 3.35. The smallest absolute Gasteiger partial charge is 0.255 e. The molecule has 1 heterocycles. The highest BCUT2D eigenvalue weighted by Gasteiger charge is 2.11. The molecule has 0 bridgehead atoms. The number of hydrogen-bond acceptors (Lipinski definition) is 4. The van der Waals surface area contributed by atoms with Crippen LogP contribution in [0.4, 0.5) is 5.69 Å². The zero-order valence-corrected chi connectivity index (χ0v) is 14.3. The molecule has 2 aromatic carbocycles. The van der Waals surface area contributed by atoms with Crippen molar-refractivity contribution in [1.82, 2.24) is 10.3 Å². The van der Waals surface area contributed by atoms with E-state index in [0.717, 1.165) is 5.56 Å². The summed E-state index contributed by atoms with van der Waals surface area (Å²) >= 11 is 0. The first-order chi connectivity index (χ1) is 13.2. The summed E-state index contributed by atoms with van der Waals surface area (Å²) in [6.45, 7) is 0.355. The fraction of sp³-hybridized carbons (Fsp3) is 0.0476. The van der Waals surface area contributed by atoms with E-state index in [-0.39, 0.29) is 11.8 Å². The lowest BCUT2D eigenvalue weighted by Crippen LogP contribution is -2.23. The maximum absolute atomic E-state index is 12.4. The lowest BCUT2D eigenvalue weighted by atomic mass is 10.1. The van der Waals surface area contributed by atoms with Gasteiger partial charge in [0.15, 0.2) is 0 Å². The zero-order valence-electron chi connectivity index (χ0n) is 14.3. The van der Waals surface area contributed by atoms with Gasteiger partial charge in [0.05, 0.1) is 11.6 Å². The Morgan fingerprint density at radius 3 is 2.37 bits per heavy atom. The molecule has 6 nitrogen and oxygen atoms in total. The number of nitrogens with one attached hydrogen (secondary N) is 2. The Morgan fingerprint density at radius 2 is 1.70 bits per heavy atom. The molecule has 3 aromatic rings. The molecule has 0 unspecified atom stereocenters. The Hall–Kier alpha value is -3.98. The predicted octanol–water partition coefficient (Wildman–Crippen LogP) is 3.14. The predicted molar refractivity (Wildman–Crippen MR) is 101 cm³/mol. The van der Waals surface area contributed by atoms with Crippen molar-refractivity contribution in [1.29, 1.82) is 5.26 Å². The SMILES string of the molecule is N#Cc1ccc(NC(=O)c2cccc(C(=O)NCc3cccnc3)c2)cc1. The van der Waals surface area contributed by atoms with E-state index in [1.165, 1.54) is 6.07 Å². The molecular weight excluding hydrogens is 340 g/mol. The van der Waals surface area contributed by atoms with Gasteiger partial charge in [0.2, 0.25) is 0 Å². The summed E-state index contributed by atoms with van der Waals surface area (Å²) in [5.41, 5.74) is 2.74. The Kier molecular flexibility index (Phi) is 5.55. The Labute approximate surface area is 156 Å². The Morgan fingerprint density at radius 1 is 0.963 bits per heavy atom. The minimum atomic E-state index is -0.332. The fourth-order valence-electron chi connectivity index (χ4n) is 2.42. The van der Waals surface area contributed by atoms with E-state index in [1.54, 1.807) is 60.9 Å². The summed E-state index contributed by atoms with van der Waals surface area (Å²) in [4.78, 5) is 28.7. The second-order valence-corrected chi connectivity index (χ2v) is 5.77. The van der Waals surface area contributed by atoms with Crippen molar-refractivity contribution >= 4 is 17.5 Å². The van der Waals surface area contributed by atoms with Crippen LogP contribution in [0.5, 0.6) is 0 Å². The van der Waals surface area contributed by atoms with Crippen LogP contribution in [0.2, 0.25) is 0 Å². The largest absolute Gasteiger partial charge is 0.348 e. The molecule has 3 rings (SSSR count). The number of hydrogen-bond donors (Lipinski definition) is 2. The van der Waals surface area contributed by atoms with E-state index in [4.69, 9.17) is 5.26 Å². The van der Waals surface area contributed by atoms with Gasteiger partial charge in [0.1, 0.15) is 0 Å². The molecule has 0 saturated heterocycles. The number of nitrogens with zero attached hydrogens (tertiary/aromatic N) is 2. The van der Waals surface area contributed by atoms with Gasteiger partial charge in [0.25, 0.3) is 11.8 Å². The fourth-order valence-corrected chi connectivity index (χ4v) is 2.42. The number of amides is 2. The molecule has 132 valence electrons. The molecule has 0 aliphatic rings. The van der Waals surface area contributed by atoms with E-state index < -0.39 is 0 Å². The van der Waals surface area contributed by atoms with Crippen LogP contribution in [0.15, 0.2) is 73.1 Å². The summed E-state index contributed by atoms with van der Waals surface area (Å²) in [6, 6.07) is 18.7. The quantitative estimate of drug-likeness (QED) is 0.734. The zero-order chi connectivity index (χ0) is 19.1. The molecule has 0 spiro atoms. The highest BCUT2D eigenvalue weighted by atomic mass is 16.2. The first-order valence-electron chi connectivity index (χ1n) is 8.24. The molecule has 0 aliphatic heterocycles. The van der Waals surface area contributed by atoms with Gasteiger partial charge in [0, 0.05) is 35.8 Å². The van der Waals surface area contributed by atoms with Crippen LogP contribution >= 0.6 is 0 Å². The Bertz CT molecular complexity index is 993. The summed E-state index contributed by atoms with van der Waals surface area (Å²) in [5, 5.41) is 14.4. The summed E-state index contributed by atoms with van der Waals surface area (Å²) in [7, 11) is 0. The van der Waals surface area contributed by atoms with Gasteiger partial charge in [-0.15, -0.1) is 0 Å². The molecule has 0 atom stereocenters. The number of rotatable bonds is 5. The number of carbonyl (C=O) groups is 2. The van der Waals surface area contributed by atoms with Crippen molar-refractivity contribution in [3.05, 3.63) is 95.3 Å². The van der Waals surface area contributed by atoms with Crippen molar-refractivity contribution < 1.29 is 9.59 Å². The van der Waals surface area contributed by atoms with Crippen LogP contribution < -0.4 is 10.6 Å². The molecule has 0 fully saturated rings. The number of nitriles is 1. The molecular formula is C21H16N4O2. The maximum atomic E-state index is 12.4. The van der Waals surface area contributed by atoms with Crippen molar-refractivity contribution in [3.63, 3.8) is 0 Å². The first kappa shape index (κ1) is 17.8. The Balaban J connectivity index is 1.65. The molecule has 1 aromatic heterocycles. The highest BCUT2D eigenvalue weighted by Crippen LogP contribution is 2.12. The van der Waals surface area contributed by atoms with Crippen LogP contribution in [0, 0.1) is 11.3 Å². The minimum Gasteiger partial charge on any atom is -0.348 e. The van der Waals surface area contributed by atoms with Crippen LogP contribution in [0.3, 0.4) is 0 Å². The van der Waals surface area contributed by atoms with E-state index in [9.17, 15) is 9.59 Å². The second kappa shape index (κ2) is 8.41. The minimum absolute atomic E-state index is 0.271. The number of anilines is 1. The van der Waals surface area contributed by atoms with Crippen molar-refractivity contribution in [2.24, 2.45) is 0 Å². The van der Waals surface area contributed by atoms with E-state index in [0.29, 0.717) is 28.9 Å². The van der Waals surface area contributed by atoms with Crippen molar-refractivity contribution in [2.45, 2.75) is 6.54 Å². The van der Waals surface area contributed by atoms with Crippen LogP contribution in [0.25, 0.3) is 0 Å². The summed E-state index contributed by atoms with van der Waals surface area (Å²) in [5.74, 6) is -0.603. The van der Waals surface area contributed by atoms with E-state index in [1.807, 2.05) is 12.1 Å². The van der Waals surface area contributed by atoms with Crippen LogP contribution in [-0.2, 0) is 6.54 Å². The van der Waals surface area contributed by atoms with Crippen molar-refractivity contribution in [2.75, 3.05) is 5.32 Å². The van der Waals surface area contributed by atoms with Gasteiger partial charge in [-0.25, -0.2) is 0 Å². The molecule has 0 saturated carbocycles. The van der Waals surface area contributed by atoms with Gasteiger partial charge in [-0.3, -0.25) is 14.6 Å². The van der Waals surface area contributed by atoms with Crippen molar-refractivity contribution in [3.8, 4) is 6.07 Å². The third-order valence-electron chi connectivity index (χ3n) is 3.83. The van der Waals surface area contributed by atoms with Crippen LogP contribution in [0.1, 0.15) is 31.8 Å². The van der Waals surface area contributed by atoms with Gasteiger partial charge in [-0.05, 0) is 54.1 Å². The summed E-state index contributed by atoms with van der Waals surface area (Å²) < 4.78 is 0. The van der Waals surface area contributed by atoms with E-state index >= 15 is 0 Å². The van der Waals surface area contributed by atoms with E-state index in [2.05, 4.69) is 15.6 Å². The maximum Gasteiger partial charge on any atom is 0.255 e. The van der Waals surface area contributed by atoms with Gasteiger partial charge >= 0.3 is 0 Å². The number of carbonyl (C=O) groups excluding carboxylic acids is 2. The molecule has 0 radical (unpaired) electrons. The topological polar surface area (TPSA) is 94.9 Å².